The fourth-order valence-corrected chi connectivity index (χ4v) is 1.81. The van der Waals surface area contributed by atoms with E-state index in [-0.39, 0.29) is 32.0 Å². The number of carboxylic acids is 1. The van der Waals surface area contributed by atoms with E-state index in [1.165, 1.54) is 11.8 Å². The first kappa shape index (κ1) is 14.2. The highest BCUT2D eigenvalue weighted by Gasteiger charge is 2.34. The van der Waals surface area contributed by atoms with Crippen LogP contribution in [0.3, 0.4) is 0 Å². The number of nitrogens with zero attached hydrogens (tertiary/aromatic N) is 2. The van der Waals surface area contributed by atoms with Crippen LogP contribution in [0.2, 0.25) is 0 Å². The van der Waals surface area contributed by atoms with E-state index in [0.717, 1.165) is 4.90 Å². The van der Waals surface area contributed by atoms with Gasteiger partial charge in [-0.25, -0.2) is 9.59 Å². The third-order valence-corrected chi connectivity index (χ3v) is 2.95. The predicted octanol–water partition coefficient (Wildman–Crippen LogP) is -0.967. The summed E-state index contributed by atoms with van der Waals surface area (Å²) in [7, 11) is 0. The molecule has 0 aromatic heterocycles. The number of aliphatic carboxylic acids is 1. The van der Waals surface area contributed by atoms with Gasteiger partial charge in [-0.05, 0) is 6.92 Å². The maximum absolute atomic E-state index is 11.8. The van der Waals surface area contributed by atoms with Crippen molar-refractivity contribution in [2.45, 2.75) is 25.5 Å². The third-order valence-electron chi connectivity index (χ3n) is 2.95. The zero-order valence-electron chi connectivity index (χ0n) is 9.94. The van der Waals surface area contributed by atoms with Crippen molar-refractivity contribution in [1.82, 2.24) is 9.80 Å². The first-order chi connectivity index (χ1) is 8.34. The van der Waals surface area contributed by atoms with E-state index in [0.29, 0.717) is 0 Å². The SMILES string of the molecule is C[C@H]1C(=O)N(CC[C@H](O)C(=O)O)CCN1C(=O)O. The Morgan fingerprint density at radius 3 is 2.50 bits per heavy atom. The molecule has 0 radical (unpaired) electrons. The van der Waals surface area contributed by atoms with Crippen LogP contribution in [-0.4, -0.2) is 74.9 Å². The number of piperazine rings is 1. The van der Waals surface area contributed by atoms with E-state index in [1.54, 1.807) is 0 Å². The number of hydrogen-bond donors (Lipinski definition) is 3. The minimum Gasteiger partial charge on any atom is -0.479 e. The van der Waals surface area contributed by atoms with E-state index in [2.05, 4.69) is 0 Å². The molecule has 0 aromatic rings. The summed E-state index contributed by atoms with van der Waals surface area (Å²) in [6.07, 6.45) is -2.73. The number of rotatable bonds is 4. The van der Waals surface area contributed by atoms with E-state index in [1.807, 2.05) is 0 Å². The van der Waals surface area contributed by atoms with Gasteiger partial charge in [-0.1, -0.05) is 0 Å². The second-order valence-electron chi connectivity index (χ2n) is 4.12. The molecule has 1 aliphatic rings. The van der Waals surface area contributed by atoms with E-state index in [4.69, 9.17) is 15.3 Å². The monoisotopic (exact) mass is 260 g/mol. The minimum absolute atomic E-state index is 0.0686. The Bertz CT molecular complexity index is 358. The predicted molar refractivity (Wildman–Crippen MR) is 59.0 cm³/mol. The van der Waals surface area contributed by atoms with Crippen LogP contribution in [0.15, 0.2) is 0 Å². The van der Waals surface area contributed by atoms with Crippen molar-refractivity contribution in [3.63, 3.8) is 0 Å². The zero-order chi connectivity index (χ0) is 13.9. The molecule has 0 aromatic carbocycles. The molecular formula is C10H16N2O6. The van der Waals surface area contributed by atoms with Crippen LogP contribution in [-0.2, 0) is 9.59 Å². The van der Waals surface area contributed by atoms with Crippen LogP contribution in [0.4, 0.5) is 4.79 Å². The lowest BCUT2D eigenvalue weighted by atomic mass is 10.1. The lowest BCUT2D eigenvalue weighted by Crippen LogP contribution is -2.57. The maximum Gasteiger partial charge on any atom is 0.408 e. The van der Waals surface area contributed by atoms with Gasteiger partial charge in [0.2, 0.25) is 5.91 Å². The Hall–Kier alpha value is -1.83. The Morgan fingerprint density at radius 2 is 2.00 bits per heavy atom. The number of amides is 2. The van der Waals surface area contributed by atoms with Crippen molar-refractivity contribution >= 4 is 18.0 Å². The summed E-state index contributed by atoms with van der Waals surface area (Å²) in [5.74, 6) is -1.71. The number of aliphatic hydroxyl groups excluding tert-OH is 1. The lowest BCUT2D eigenvalue weighted by molar-refractivity contribution is -0.148. The molecule has 8 heteroatoms. The molecule has 0 spiro atoms. The van der Waals surface area contributed by atoms with Gasteiger partial charge in [0.15, 0.2) is 6.10 Å². The average molecular weight is 260 g/mol. The largest absolute Gasteiger partial charge is 0.479 e. The topological polar surface area (TPSA) is 118 Å². The normalized spacial score (nSPS) is 21.9. The molecule has 8 nitrogen and oxygen atoms in total. The second kappa shape index (κ2) is 5.67. The van der Waals surface area contributed by atoms with E-state index < -0.39 is 24.2 Å². The summed E-state index contributed by atoms with van der Waals surface area (Å²) in [6, 6.07) is -0.779. The first-order valence-electron chi connectivity index (χ1n) is 5.53. The Kier molecular flexibility index (Phi) is 4.49. The van der Waals surface area contributed by atoms with Gasteiger partial charge in [0.1, 0.15) is 6.04 Å². The van der Waals surface area contributed by atoms with Crippen LogP contribution in [0.25, 0.3) is 0 Å². The third kappa shape index (κ3) is 3.10. The first-order valence-corrected chi connectivity index (χ1v) is 5.53. The van der Waals surface area contributed by atoms with Crippen molar-refractivity contribution < 1.29 is 29.7 Å². The fraction of sp³-hybridized carbons (Fsp3) is 0.700. The van der Waals surface area contributed by atoms with Crippen molar-refractivity contribution in [2.24, 2.45) is 0 Å². The highest BCUT2D eigenvalue weighted by molar-refractivity contribution is 5.86. The Balaban J connectivity index is 2.53. The Morgan fingerprint density at radius 1 is 1.39 bits per heavy atom. The van der Waals surface area contributed by atoms with Gasteiger partial charge in [-0.3, -0.25) is 9.69 Å². The summed E-state index contributed by atoms with van der Waals surface area (Å²) >= 11 is 0. The van der Waals surface area contributed by atoms with Crippen LogP contribution < -0.4 is 0 Å². The molecule has 102 valence electrons. The van der Waals surface area contributed by atoms with Gasteiger partial charge in [-0.15, -0.1) is 0 Å². The van der Waals surface area contributed by atoms with E-state index >= 15 is 0 Å². The maximum atomic E-state index is 11.8. The van der Waals surface area contributed by atoms with E-state index in [9.17, 15) is 14.4 Å². The minimum atomic E-state index is -1.51. The van der Waals surface area contributed by atoms with Crippen molar-refractivity contribution in [2.75, 3.05) is 19.6 Å². The molecule has 0 bridgehead atoms. The van der Waals surface area contributed by atoms with Crippen molar-refractivity contribution in [3.8, 4) is 0 Å². The zero-order valence-corrected chi connectivity index (χ0v) is 9.94. The quantitative estimate of drug-likeness (QED) is 0.598. The molecule has 1 fully saturated rings. The molecule has 1 heterocycles. The summed E-state index contributed by atoms with van der Waals surface area (Å²) in [5, 5.41) is 26.5. The molecule has 2 amide bonds. The summed E-state index contributed by atoms with van der Waals surface area (Å²) in [5.41, 5.74) is 0. The fourth-order valence-electron chi connectivity index (χ4n) is 1.81. The standard InChI is InChI=1S/C10H16N2O6/c1-6-8(14)11(3-2-7(13)9(15)16)4-5-12(6)10(17)18/h6-7,13H,2-5H2,1H3,(H,15,16)(H,17,18)/t6-,7-/m0/s1. The van der Waals surface area contributed by atoms with Gasteiger partial charge in [0, 0.05) is 26.1 Å². The van der Waals surface area contributed by atoms with Gasteiger partial charge >= 0.3 is 12.1 Å². The number of aliphatic hydroxyl groups is 1. The van der Waals surface area contributed by atoms with Gasteiger partial charge in [0.05, 0.1) is 0 Å². The second-order valence-corrected chi connectivity index (χ2v) is 4.12. The molecule has 2 atom stereocenters. The van der Waals surface area contributed by atoms with Gasteiger partial charge in [0.25, 0.3) is 0 Å². The number of carbonyl (C=O) groups excluding carboxylic acids is 1. The molecule has 3 N–H and O–H groups in total. The Labute approximate surface area is 103 Å². The smallest absolute Gasteiger partial charge is 0.408 e. The molecule has 1 saturated heterocycles. The molecule has 1 rings (SSSR count). The molecule has 0 aliphatic carbocycles. The van der Waals surface area contributed by atoms with Crippen molar-refractivity contribution in [3.05, 3.63) is 0 Å². The van der Waals surface area contributed by atoms with Crippen LogP contribution >= 0.6 is 0 Å². The van der Waals surface area contributed by atoms with Gasteiger partial charge < -0.3 is 20.2 Å². The van der Waals surface area contributed by atoms with Crippen LogP contribution in [0, 0.1) is 0 Å². The highest BCUT2D eigenvalue weighted by atomic mass is 16.4. The summed E-state index contributed by atoms with van der Waals surface area (Å²) in [6.45, 7) is 1.98. The molecule has 1 aliphatic heterocycles. The van der Waals surface area contributed by atoms with Gasteiger partial charge in [-0.2, -0.15) is 0 Å². The lowest BCUT2D eigenvalue weighted by Gasteiger charge is -2.37. The average Bonchev–Trinajstić information content (AvgIpc) is 2.30. The molecule has 0 unspecified atom stereocenters. The summed E-state index contributed by atoms with van der Waals surface area (Å²) in [4.78, 5) is 35.4. The summed E-state index contributed by atoms with van der Waals surface area (Å²) < 4.78 is 0. The number of hydrogen-bond acceptors (Lipinski definition) is 4. The van der Waals surface area contributed by atoms with Crippen LogP contribution in [0.5, 0.6) is 0 Å². The number of carboxylic acid groups (broad SMARTS) is 2. The molecule has 18 heavy (non-hydrogen) atoms. The highest BCUT2D eigenvalue weighted by Crippen LogP contribution is 2.12. The van der Waals surface area contributed by atoms with Crippen molar-refractivity contribution in [1.29, 1.82) is 0 Å². The number of carbonyl (C=O) groups is 3. The molecular weight excluding hydrogens is 244 g/mol. The molecule has 0 saturated carbocycles. The van der Waals surface area contributed by atoms with Crippen LogP contribution in [0.1, 0.15) is 13.3 Å².